The highest BCUT2D eigenvalue weighted by Crippen LogP contribution is 2.31. The van der Waals surface area contributed by atoms with Gasteiger partial charge in [0.2, 0.25) is 5.82 Å². The summed E-state index contributed by atoms with van der Waals surface area (Å²) in [5.74, 6) is -1.42. The van der Waals surface area contributed by atoms with Gasteiger partial charge in [-0.25, -0.2) is 14.6 Å². The smallest absolute Gasteiger partial charge is 0.413 e. The lowest BCUT2D eigenvalue weighted by Crippen LogP contribution is -2.57. The van der Waals surface area contributed by atoms with Gasteiger partial charge in [-0.05, 0) is 51.5 Å². The number of hydrogen-bond donors (Lipinski definition) is 4. The van der Waals surface area contributed by atoms with Gasteiger partial charge in [-0.15, -0.1) is 0 Å². The Hall–Kier alpha value is -6.06. The highest BCUT2D eigenvalue weighted by Gasteiger charge is 2.42. The van der Waals surface area contributed by atoms with Crippen molar-refractivity contribution < 1.29 is 33.4 Å². The van der Waals surface area contributed by atoms with Gasteiger partial charge in [0.25, 0.3) is 17.7 Å². The Kier molecular flexibility index (Phi) is 9.68. The summed E-state index contributed by atoms with van der Waals surface area (Å²) in [5, 5.41) is 10.6. The minimum atomic E-state index is -1.29. The maximum atomic E-state index is 13.6. The predicted octanol–water partition coefficient (Wildman–Crippen LogP) is 4.10. The van der Waals surface area contributed by atoms with Gasteiger partial charge in [0, 0.05) is 45.9 Å². The monoisotopic (exact) mass is 661 g/mol. The number of nitrogens with one attached hydrogen (secondary N) is 4. The van der Waals surface area contributed by atoms with Crippen molar-refractivity contribution in [1.29, 1.82) is 0 Å². The van der Waals surface area contributed by atoms with Crippen LogP contribution in [0.2, 0.25) is 0 Å². The van der Waals surface area contributed by atoms with Crippen LogP contribution in [0.3, 0.4) is 0 Å². The molecule has 48 heavy (non-hydrogen) atoms. The predicted molar refractivity (Wildman–Crippen MR) is 177 cm³/mol. The number of ether oxygens (including phenoxy) is 2. The molecule has 4 N–H and O–H groups in total. The number of alkyl carbamates (subject to hydrolysis) is 1. The van der Waals surface area contributed by atoms with Crippen LogP contribution in [0.25, 0.3) is 0 Å². The van der Waals surface area contributed by atoms with E-state index in [1.807, 2.05) is 0 Å². The van der Waals surface area contributed by atoms with Crippen molar-refractivity contribution in [3.63, 3.8) is 0 Å². The van der Waals surface area contributed by atoms with Crippen LogP contribution in [0.1, 0.15) is 59.3 Å². The molecule has 1 unspecified atom stereocenters. The average molecular weight is 662 g/mol. The van der Waals surface area contributed by atoms with Gasteiger partial charge in [0.1, 0.15) is 29.3 Å². The lowest BCUT2D eigenvalue weighted by Gasteiger charge is -2.35. The number of aromatic nitrogens is 4. The molecule has 0 fully saturated rings. The average Bonchev–Trinajstić information content (AvgIpc) is 3.71. The van der Waals surface area contributed by atoms with Crippen LogP contribution >= 0.6 is 0 Å². The van der Waals surface area contributed by atoms with Crippen LogP contribution < -0.4 is 21.3 Å². The van der Waals surface area contributed by atoms with E-state index >= 15 is 0 Å². The molecule has 0 saturated carbocycles. The van der Waals surface area contributed by atoms with Crippen LogP contribution in [0.4, 0.5) is 26.8 Å². The van der Waals surface area contributed by atoms with Gasteiger partial charge >= 0.3 is 12.2 Å². The maximum absolute atomic E-state index is 13.6. The zero-order valence-electron chi connectivity index (χ0n) is 27.8. The fourth-order valence-corrected chi connectivity index (χ4v) is 4.77. The van der Waals surface area contributed by atoms with Crippen molar-refractivity contribution in [3.8, 4) is 0 Å². The molecule has 0 bridgehead atoms. The number of amides is 5. The van der Waals surface area contributed by atoms with Gasteiger partial charge in [-0.1, -0.05) is 19.2 Å². The number of rotatable bonds is 9. The third-order valence-electron chi connectivity index (χ3n) is 7.11. The molecular weight excluding hydrogens is 622 g/mol. The molecule has 0 aliphatic carbocycles. The van der Waals surface area contributed by atoms with E-state index < -0.39 is 41.2 Å². The largest absolute Gasteiger partial charge is 0.445 e. The van der Waals surface area contributed by atoms with E-state index in [2.05, 4.69) is 39.4 Å². The molecule has 3 aromatic heterocycles. The molecule has 0 aromatic carbocycles. The van der Waals surface area contributed by atoms with Crippen molar-refractivity contribution in [1.82, 2.24) is 28.9 Å². The van der Waals surface area contributed by atoms with E-state index in [1.54, 1.807) is 71.9 Å². The van der Waals surface area contributed by atoms with Crippen LogP contribution in [0.5, 0.6) is 0 Å². The maximum Gasteiger partial charge on any atom is 0.413 e. The highest BCUT2D eigenvalue weighted by molar-refractivity contribution is 6.07. The Morgan fingerprint density at radius 1 is 0.896 bits per heavy atom. The molecule has 1 aliphatic rings. The molecule has 3 aromatic rings. The summed E-state index contributed by atoms with van der Waals surface area (Å²) in [5.41, 5.74) is -0.463. The molecule has 0 radical (unpaired) electrons. The van der Waals surface area contributed by atoms with E-state index in [9.17, 15) is 24.0 Å². The van der Waals surface area contributed by atoms with Crippen LogP contribution in [0, 0.1) is 0 Å². The molecule has 0 saturated heterocycles. The van der Waals surface area contributed by atoms with Gasteiger partial charge in [-0.2, -0.15) is 0 Å². The second kappa shape index (κ2) is 13.4. The molecular formula is C32H39N9O7. The Balaban J connectivity index is 1.43. The Morgan fingerprint density at radius 3 is 2.12 bits per heavy atom. The van der Waals surface area contributed by atoms with Crippen LogP contribution in [-0.2, 0) is 30.6 Å². The molecule has 16 heteroatoms. The first-order valence-corrected chi connectivity index (χ1v) is 14.7. The van der Waals surface area contributed by atoms with E-state index in [1.165, 1.54) is 44.6 Å². The van der Waals surface area contributed by atoms with Crippen molar-refractivity contribution in [3.05, 3.63) is 85.0 Å². The second-order valence-corrected chi connectivity index (χ2v) is 12.1. The molecule has 254 valence electrons. The summed E-state index contributed by atoms with van der Waals surface area (Å²) >= 11 is 0. The summed E-state index contributed by atoms with van der Waals surface area (Å²) in [7, 11) is 4.87. The topological polar surface area (TPSA) is 183 Å². The summed E-state index contributed by atoms with van der Waals surface area (Å²) in [6, 6.07) is 2.98. The first-order valence-electron chi connectivity index (χ1n) is 14.7. The fraction of sp³-hybridized carbons (Fsp3) is 0.312. The summed E-state index contributed by atoms with van der Waals surface area (Å²) in [4.78, 5) is 69.7. The van der Waals surface area contributed by atoms with Crippen molar-refractivity contribution in [2.24, 2.45) is 21.1 Å². The Morgan fingerprint density at radius 2 is 1.50 bits per heavy atom. The zero-order chi connectivity index (χ0) is 35.6. The third-order valence-corrected chi connectivity index (χ3v) is 7.11. The number of aryl methyl sites for hydroxylation is 3. The van der Waals surface area contributed by atoms with Crippen molar-refractivity contribution >= 4 is 47.1 Å². The number of nitrogens with zero attached hydrogens (tertiary/aromatic N) is 5. The molecule has 4 rings (SSSR count). The van der Waals surface area contributed by atoms with Gasteiger partial charge < -0.3 is 33.8 Å². The number of hydrogen-bond acceptors (Lipinski definition) is 8. The number of anilines is 3. The number of carbonyl (C=O) groups excluding carboxylic acids is 5. The molecule has 1 atom stereocenters. The van der Waals surface area contributed by atoms with Gasteiger partial charge in [-0.3, -0.25) is 29.9 Å². The first-order chi connectivity index (χ1) is 22.4. The summed E-state index contributed by atoms with van der Waals surface area (Å²) in [6.07, 6.45) is 7.66. The molecule has 1 aliphatic heterocycles. The Bertz CT molecular complexity index is 1840. The van der Waals surface area contributed by atoms with Crippen molar-refractivity contribution in [2.45, 2.75) is 39.0 Å². The first kappa shape index (κ1) is 34.8. The molecule has 4 heterocycles. The van der Waals surface area contributed by atoms with E-state index in [0.717, 1.165) is 0 Å². The standard InChI is InChI=1S/C32H39N9O7/c1-10-13-47-30(46)37-32(6)19(2)11-12-41(32)28(44)23-15-21(17-39(23)8)33-26(42)22-14-20(16-38(22)7)34-27(43)25-35-24(18-40(25)9)36-29(45)48-31(3,4)5/h10-12,14-18H,1-2,13H2,3-9H3,(H,33,42)(H,34,43)(H,36,45)(H,37,46). The SMILES string of the molecule is C=CCOC(=O)NC1(C)C(=C)C=CN1C(=O)c1cc(NC(=O)c2cc(NC(=O)c3nc(NC(=O)OC(C)(C)C)cn3C)cn2C)cn1C. The minimum absolute atomic E-state index is 0.00812. The van der Waals surface area contributed by atoms with Crippen molar-refractivity contribution in [2.75, 3.05) is 22.6 Å². The minimum Gasteiger partial charge on any atom is -0.445 e. The normalized spacial score (nSPS) is 15.6. The Labute approximate surface area is 277 Å². The lowest BCUT2D eigenvalue weighted by molar-refractivity contribution is 0.0630. The second-order valence-electron chi connectivity index (χ2n) is 12.1. The van der Waals surface area contributed by atoms with Gasteiger partial charge in [0.15, 0.2) is 5.82 Å². The molecule has 5 amide bonds. The number of imidazole rings is 1. The number of carbonyl (C=O) groups is 5. The van der Waals surface area contributed by atoms with E-state index in [0.29, 0.717) is 16.9 Å². The summed E-state index contributed by atoms with van der Waals surface area (Å²) in [6.45, 7) is 14.3. The van der Waals surface area contributed by atoms with Crippen LogP contribution in [0.15, 0.2) is 67.8 Å². The quantitative estimate of drug-likeness (QED) is 0.247. The van der Waals surface area contributed by atoms with E-state index in [4.69, 9.17) is 9.47 Å². The van der Waals surface area contributed by atoms with E-state index in [-0.39, 0.29) is 29.6 Å². The van der Waals surface area contributed by atoms with Crippen LogP contribution in [-0.4, -0.2) is 71.4 Å². The third kappa shape index (κ3) is 7.66. The van der Waals surface area contributed by atoms with Gasteiger partial charge in [0.05, 0.1) is 11.4 Å². The highest BCUT2D eigenvalue weighted by atomic mass is 16.6. The molecule has 16 nitrogen and oxygen atoms in total. The zero-order valence-corrected chi connectivity index (χ0v) is 27.8. The lowest BCUT2D eigenvalue weighted by atomic mass is 10.0. The summed E-state index contributed by atoms with van der Waals surface area (Å²) < 4.78 is 14.7. The molecule has 0 spiro atoms. The fourth-order valence-electron chi connectivity index (χ4n) is 4.77.